The Balaban J connectivity index is 1.36. The molecule has 0 saturated heterocycles. The first-order valence-electron chi connectivity index (χ1n) is 10.4. The van der Waals surface area contributed by atoms with Crippen LogP contribution in [0.1, 0.15) is 51.9 Å². The van der Waals surface area contributed by atoms with E-state index in [1.54, 1.807) is 5.57 Å². The average Bonchev–Trinajstić information content (AvgIpc) is 3.20. The van der Waals surface area contributed by atoms with Gasteiger partial charge < -0.3 is 9.94 Å². The van der Waals surface area contributed by atoms with Crippen LogP contribution >= 0.6 is 0 Å². The number of rotatable bonds is 0. The molecule has 8 atom stereocenters. The van der Waals surface area contributed by atoms with E-state index in [9.17, 15) is 0 Å². The molecule has 4 fully saturated rings. The Hall–Kier alpha value is -1.09. The number of hydrogen-bond donors (Lipinski definition) is 1. The molecule has 25 heavy (non-hydrogen) atoms. The summed E-state index contributed by atoms with van der Waals surface area (Å²) in [4.78, 5) is 0. The molecule has 5 unspecified atom stereocenters. The van der Waals surface area contributed by atoms with Crippen LogP contribution in [0.15, 0.2) is 29.0 Å². The van der Waals surface area contributed by atoms with E-state index in [1.807, 2.05) is 0 Å². The summed E-state index contributed by atoms with van der Waals surface area (Å²) < 4.78 is 6.48. The fourth-order valence-corrected chi connectivity index (χ4v) is 8.34. The predicted molar refractivity (Wildman–Crippen MR) is 96.5 cm³/mol. The molecule has 0 aromatic rings. The highest BCUT2D eigenvalue weighted by Gasteiger charge is 2.76. The second-order valence-electron chi connectivity index (χ2n) is 9.82. The van der Waals surface area contributed by atoms with Gasteiger partial charge in [0.25, 0.3) is 0 Å². The van der Waals surface area contributed by atoms with Gasteiger partial charge in [-0.25, -0.2) is 0 Å². The molecule has 0 aromatic carbocycles. The standard InChI is InChI=1S/C22H29NO2/c1-21-9-7-16-15-6-4-14(23-24)11-13(15)3-5-17(16)20(21)18-12-19(18)22(21)8-2-10-25-22/h2,8,11,15-20,24H,3-7,9-10,12H2,1H3/b23-14+/t15-,16?,17?,18?,19?,20?,21-,22-/m0/s1. The number of hydrogen-bond acceptors (Lipinski definition) is 3. The zero-order chi connectivity index (χ0) is 16.8. The molecule has 1 N–H and O–H groups in total. The van der Waals surface area contributed by atoms with Gasteiger partial charge in [0, 0.05) is 5.41 Å². The third kappa shape index (κ3) is 1.69. The predicted octanol–water partition coefficient (Wildman–Crippen LogP) is 4.57. The maximum atomic E-state index is 9.15. The molecule has 0 bridgehead atoms. The van der Waals surface area contributed by atoms with Crippen molar-refractivity contribution in [2.24, 2.45) is 46.1 Å². The second kappa shape index (κ2) is 4.79. The van der Waals surface area contributed by atoms with E-state index in [-0.39, 0.29) is 5.60 Å². The molecule has 4 saturated carbocycles. The second-order valence-corrected chi connectivity index (χ2v) is 9.82. The average molecular weight is 339 g/mol. The molecule has 134 valence electrons. The van der Waals surface area contributed by atoms with Gasteiger partial charge in [-0.3, -0.25) is 0 Å². The fourth-order valence-electron chi connectivity index (χ4n) is 8.34. The topological polar surface area (TPSA) is 41.8 Å². The molecular weight excluding hydrogens is 310 g/mol. The van der Waals surface area contributed by atoms with Gasteiger partial charge in [0.2, 0.25) is 0 Å². The Morgan fingerprint density at radius 1 is 1.16 bits per heavy atom. The van der Waals surface area contributed by atoms with Crippen LogP contribution in [0.5, 0.6) is 0 Å². The van der Waals surface area contributed by atoms with E-state index in [1.165, 1.54) is 38.5 Å². The fraction of sp³-hybridized carbons (Fsp3) is 0.773. The van der Waals surface area contributed by atoms with Gasteiger partial charge in [-0.05, 0) is 86.5 Å². The highest BCUT2D eigenvalue weighted by molar-refractivity contribution is 5.96. The Kier molecular flexibility index (Phi) is 2.88. The first kappa shape index (κ1) is 15.0. The van der Waals surface area contributed by atoms with Crippen LogP contribution in [0.2, 0.25) is 0 Å². The van der Waals surface area contributed by atoms with E-state index in [4.69, 9.17) is 9.94 Å². The van der Waals surface area contributed by atoms with E-state index < -0.39 is 0 Å². The minimum absolute atomic E-state index is 0.0761. The summed E-state index contributed by atoms with van der Waals surface area (Å²) in [6, 6.07) is 0. The quantitative estimate of drug-likeness (QED) is 0.399. The van der Waals surface area contributed by atoms with Crippen molar-refractivity contribution in [2.45, 2.75) is 57.5 Å². The number of oxime groups is 1. The number of fused-ring (bicyclic) bond motifs is 9. The molecule has 3 nitrogen and oxygen atoms in total. The monoisotopic (exact) mass is 339 g/mol. The van der Waals surface area contributed by atoms with Crippen molar-refractivity contribution < 1.29 is 9.94 Å². The lowest BCUT2D eigenvalue weighted by Gasteiger charge is -2.57. The van der Waals surface area contributed by atoms with Crippen LogP contribution in [0.3, 0.4) is 0 Å². The summed E-state index contributed by atoms with van der Waals surface area (Å²) in [5.41, 5.74) is 2.92. The molecule has 1 spiro atoms. The van der Waals surface area contributed by atoms with Crippen molar-refractivity contribution in [2.75, 3.05) is 6.61 Å². The molecule has 5 aliphatic carbocycles. The SMILES string of the molecule is C[C@]12CCC3C(CCC4=C/C(=N/O)CC[C@@H]43)C1C1CC1[C@@]21C=CCO1. The van der Waals surface area contributed by atoms with Crippen molar-refractivity contribution in [1.82, 2.24) is 0 Å². The first-order chi connectivity index (χ1) is 12.2. The zero-order valence-corrected chi connectivity index (χ0v) is 15.2. The first-order valence-corrected chi connectivity index (χ1v) is 10.4. The van der Waals surface area contributed by atoms with Crippen molar-refractivity contribution in [3.63, 3.8) is 0 Å². The summed E-state index contributed by atoms with van der Waals surface area (Å²) in [5.74, 6) is 5.09. The largest absolute Gasteiger partial charge is 0.411 e. The minimum Gasteiger partial charge on any atom is -0.411 e. The highest BCUT2D eigenvalue weighted by atomic mass is 16.5. The lowest BCUT2D eigenvalue weighted by atomic mass is 9.49. The molecule has 6 aliphatic rings. The molecule has 0 amide bonds. The van der Waals surface area contributed by atoms with Crippen LogP contribution in [-0.2, 0) is 4.74 Å². The van der Waals surface area contributed by atoms with Crippen LogP contribution in [0, 0.1) is 40.9 Å². The zero-order valence-electron chi connectivity index (χ0n) is 15.2. The van der Waals surface area contributed by atoms with Gasteiger partial charge in [-0.2, -0.15) is 0 Å². The van der Waals surface area contributed by atoms with Gasteiger partial charge in [-0.1, -0.05) is 29.8 Å². The van der Waals surface area contributed by atoms with Crippen molar-refractivity contribution in [3.05, 3.63) is 23.8 Å². The Labute approximate surface area is 150 Å². The lowest BCUT2D eigenvalue weighted by Crippen LogP contribution is -2.54. The molecule has 0 radical (unpaired) electrons. The Bertz CT molecular complexity index is 709. The summed E-state index contributed by atoms with van der Waals surface area (Å²) in [5, 5.41) is 12.6. The van der Waals surface area contributed by atoms with Gasteiger partial charge in [-0.15, -0.1) is 0 Å². The molecule has 1 heterocycles. The lowest BCUT2D eigenvalue weighted by molar-refractivity contribution is -0.130. The van der Waals surface area contributed by atoms with Crippen molar-refractivity contribution in [1.29, 1.82) is 0 Å². The number of allylic oxidation sites excluding steroid dienone is 2. The van der Waals surface area contributed by atoms with Gasteiger partial charge in [0.1, 0.15) is 0 Å². The number of nitrogens with zero attached hydrogens (tertiary/aromatic N) is 1. The maximum absolute atomic E-state index is 9.15. The third-order valence-electron chi connectivity index (χ3n) is 9.22. The van der Waals surface area contributed by atoms with E-state index in [0.29, 0.717) is 5.41 Å². The molecular formula is C22H29NO2. The van der Waals surface area contributed by atoms with Gasteiger partial charge in [0.15, 0.2) is 0 Å². The molecule has 1 aliphatic heterocycles. The molecule has 0 aromatic heterocycles. The van der Waals surface area contributed by atoms with E-state index in [0.717, 1.165) is 54.2 Å². The maximum Gasteiger partial charge on any atom is 0.0954 e. The van der Waals surface area contributed by atoms with E-state index >= 15 is 0 Å². The third-order valence-corrected chi connectivity index (χ3v) is 9.22. The van der Waals surface area contributed by atoms with Crippen LogP contribution in [0.4, 0.5) is 0 Å². The van der Waals surface area contributed by atoms with Crippen LogP contribution in [-0.4, -0.2) is 23.1 Å². The number of ether oxygens (including phenoxy) is 1. The smallest absolute Gasteiger partial charge is 0.0954 e. The summed E-state index contributed by atoms with van der Waals surface area (Å²) in [6.07, 6.45) is 15.8. The minimum atomic E-state index is 0.0761. The summed E-state index contributed by atoms with van der Waals surface area (Å²) in [6.45, 7) is 3.40. The Morgan fingerprint density at radius 2 is 2.08 bits per heavy atom. The van der Waals surface area contributed by atoms with Crippen LogP contribution < -0.4 is 0 Å². The molecule has 3 heteroatoms. The van der Waals surface area contributed by atoms with Crippen molar-refractivity contribution in [3.8, 4) is 0 Å². The Morgan fingerprint density at radius 3 is 2.88 bits per heavy atom. The van der Waals surface area contributed by atoms with Gasteiger partial charge in [0.05, 0.1) is 17.9 Å². The summed E-state index contributed by atoms with van der Waals surface area (Å²) >= 11 is 0. The summed E-state index contributed by atoms with van der Waals surface area (Å²) in [7, 11) is 0. The van der Waals surface area contributed by atoms with Crippen LogP contribution in [0.25, 0.3) is 0 Å². The highest BCUT2D eigenvalue weighted by Crippen LogP contribution is 2.77. The van der Waals surface area contributed by atoms with Gasteiger partial charge >= 0.3 is 0 Å². The molecule has 6 rings (SSSR count). The van der Waals surface area contributed by atoms with E-state index in [2.05, 4.69) is 30.3 Å². The normalized spacial score (nSPS) is 57.0. The van der Waals surface area contributed by atoms with Crippen molar-refractivity contribution >= 4 is 5.71 Å².